The summed E-state index contributed by atoms with van der Waals surface area (Å²) in [4.78, 5) is 0. The third-order valence-electron chi connectivity index (χ3n) is 4.21. The lowest BCUT2D eigenvalue weighted by Gasteiger charge is -2.33. The van der Waals surface area contributed by atoms with E-state index >= 15 is 0 Å². The monoisotopic (exact) mass is 314 g/mol. The molecule has 120 valence electrons. The van der Waals surface area contributed by atoms with Gasteiger partial charge in [-0.1, -0.05) is 20.8 Å². The van der Waals surface area contributed by atoms with Crippen LogP contribution in [0.15, 0.2) is 21.6 Å². The van der Waals surface area contributed by atoms with E-state index in [9.17, 15) is 8.42 Å². The molecule has 1 unspecified atom stereocenters. The minimum atomic E-state index is -3.58. The van der Waals surface area contributed by atoms with Crippen molar-refractivity contribution in [3.05, 3.63) is 17.9 Å². The molecule has 1 aliphatic carbocycles. The number of sulfonamides is 1. The number of nitrogens with one attached hydrogen (secondary N) is 1. The lowest BCUT2D eigenvalue weighted by Crippen LogP contribution is -2.42. The summed E-state index contributed by atoms with van der Waals surface area (Å²) >= 11 is 0. The zero-order valence-corrected chi connectivity index (χ0v) is 14.3. The van der Waals surface area contributed by atoms with Gasteiger partial charge >= 0.3 is 0 Å². The molecular formula is C15H26N2O3S. The average molecular weight is 314 g/mol. The van der Waals surface area contributed by atoms with Gasteiger partial charge in [-0.3, -0.25) is 0 Å². The molecule has 1 heterocycles. The number of furan rings is 1. The van der Waals surface area contributed by atoms with Crippen molar-refractivity contribution < 1.29 is 12.8 Å². The largest absolute Gasteiger partial charge is 0.447 e. The van der Waals surface area contributed by atoms with Crippen molar-refractivity contribution in [2.24, 2.45) is 5.41 Å². The molecule has 1 aromatic heterocycles. The van der Waals surface area contributed by atoms with Gasteiger partial charge < -0.3 is 9.73 Å². The topological polar surface area (TPSA) is 62.6 Å². The first-order valence-corrected chi connectivity index (χ1v) is 8.86. The Hall–Kier alpha value is -0.850. The summed E-state index contributed by atoms with van der Waals surface area (Å²) in [5.74, 6) is 0.664. The summed E-state index contributed by atoms with van der Waals surface area (Å²) in [5, 5.41) is 3.33. The zero-order chi connectivity index (χ0) is 15.8. The zero-order valence-electron chi connectivity index (χ0n) is 13.5. The molecule has 2 rings (SSSR count). The molecular weight excluding hydrogens is 288 g/mol. The van der Waals surface area contributed by atoms with Crippen molar-refractivity contribution in [3.8, 4) is 0 Å². The Balaban J connectivity index is 2.11. The lowest BCUT2D eigenvalue weighted by molar-refractivity contribution is 0.213. The van der Waals surface area contributed by atoms with Crippen LogP contribution in [0.3, 0.4) is 0 Å². The Morgan fingerprint density at radius 3 is 2.52 bits per heavy atom. The Bertz CT molecular complexity index is 582. The molecule has 0 spiro atoms. The van der Waals surface area contributed by atoms with E-state index in [1.165, 1.54) is 17.1 Å². The Morgan fingerprint density at radius 2 is 2.00 bits per heavy atom. The molecule has 5 nitrogen and oxygen atoms in total. The normalized spacial score (nSPS) is 18.2. The number of hydrogen-bond acceptors (Lipinski definition) is 4. The molecule has 0 radical (unpaired) electrons. The van der Waals surface area contributed by atoms with E-state index in [1.54, 1.807) is 19.2 Å². The van der Waals surface area contributed by atoms with Crippen LogP contribution in [0.1, 0.15) is 46.3 Å². The Morgan fingerprint density at radius 1 is 1.38 bits per heavy atom. The molecule has 1 saturated carbocycles. The highest BCUT2D eigenvalue weighted by molar-refractivity contribution is 7.89. The van der Waals surface area contributed by atoms with Gasteiger partial charge in [-0.25, -0.2) is 8.42 Å². The first-order valence-electron chi connectivity index (χ1n) is 7.42. The minimum absolute atomic E-state index is 0.0219. The molecule has 0 saturated heterocycles. The van der Waals surface area contributed by atoms with Gasteiger partial charge in [0.05, 0.1) is 6.54 Å². The lowest BCUT2D eigenvalue weighted by atomic mass is 9.88. The number of nitrogens with zero attached hydrogens (tertiary/aromatic N) is 1. The highest BCUT2D eigenvalue weighted by atomic mass is 32.2. The van der Waals surface area contributed by atoms with Crippen LogP contribution < -0.4 is 5.32 Å². The fourth-order valence-corrected chi connectivity index (χ4v) is 3.49. The van der Waals surface area contributed by atoms with E-state index in [4.69, 9.17) is 4.42 Å². The van der Waals surface area contributed by atoms with Gasteiger partial charge in [0.1, 0.15) is 5.76 Å². The molecule has 0 amide bonds. The van der Waals surface area contributed by atoms with Crippen molar-refractivity contribution in [3.63, 3.8) is 0 Å². The second-order valence-corrected chi connectivity index (χ2v) is 8.87. The molecule has 1 fully saturated rings. The van der Waals surface area contributed by atoms with E-state index in [1.807, 2.05) is 27.7 Å². The fraction of sp³-hybridized carbons (Fsp3) is 0.733. The van der Waals surface area contributed by atoms with E-state index in [-0.39, 0.29) is 16.5 Å². The van der Waals surface area contributed by atoms with Gasteiger partial charge in [0.15, 0.2) is 0 Å². The van der Waals surface area contributed by atoms with Gasteiger partial charge in [0.25, 0.3) is 10.0 Å². The van der Waals surface area contributed by atoms with E-state index in [0.717, 1.165) is 0 Å². The predicted octanol–water partition coefficient (Wildman–Crippen LogP) is 2.59. The van der Waals surface area contributed by atoms with Gasteiger partial charge in [-0.2, -0.15) is 4.31 Å². The van der Waals surface area contributed by atoms with Crippen LogP contribution >= 0.6 is 0 Å². The maximum Gasteiger partial charge on any atom is 0.276 e. The molecule has 0 bridgehead atoms. The first-order chi connectivity index (χ1) is 9.62. The quantitative estimate of drug-likeness (QED) is 0.876. The van der Waals surface area contributed by atoms with E-state index in [2.05, 4.69) is 5.32 Å². The van der Waals surface area contributed by atoms with Crippen molar-refractivity contribution in [1.82, 2.24) is 9.62 Å². The summed E-state index contributed by atoms with van der Waals surface area (Å²) in [5.41, 5.74) is -0.134. The molecule has 6 heteroatoms. The second-order valence-electron chi connectivity index (χ2n) is 6.94. The van der Waals surface area contributed by atoms with Crippen molar-refractivity contribution >= 4 is 10.0 Å². The summed E-state index contributed by atoms with van der Waals surface area (Å²) in [6, 6.07) is 3.72. The smallest absolute Gasteiger partial charge is 0.276 e. The molecule has 1 aromatic rings. The fourth-order valence-electron chi connectivity index (χ4n) is 2.02. The van der Waals surface area contributed by atoms with E-state index in [0.29, 0.717) is 18.3 Å². The Kier molecular flexibility index (Phi) is 4.52. The second kappa shape index (κ2) is 5.74. The SMILES string of the molecule is CC(N(C)S(=O)(=O)c1ccc(CNC2CC2)o1)C(C)(C)C. The molecule has 1 aliphatic rings. The summed E-state index contributed by atoms with van der Waals surface area (Å²) in [6.45, 7) is 8.57. The first kappa shape index (κ1) is 16.5. The molecule has 1 atom stereocenters. The highest BCUT2D eigenvalue weighted by Crippen LogP contribution is 2.28. The van der Waals surface area contributed by atoms with Crippen LogP contribution in [-0.4, -0.2) is 31.9 Å². The molecule has 0 aliphatic heterocycles. The van der Waals surface area contributed by atoms with Crippen LogP contribution in [0, 0.1) is 5.41 Å². The maximum atomic E-state index is 12.6. The molecule has 1 N–H and O–H groups in total. The summed E-state index contributed by atoms with van der Waals surface area (Å²) in [7, 11) is -1.98. The van der Waals surface area contributed by atoms with Gasteiger partial charge in [0, 0.05) is 19.1 Å². The number of hydrogen-bond donors (Lipinski definition) is 1. The van der Waals surface area contributed by atoms with Crippen molar-refractivity contribution in [1.29, 1.82) is 0 Å². The van der Waals surface area contributed by atoms with E-state index < -0.39 is 10.0 Å². The van der Waals surface area contributed by atoms with Crippen LogP contribution in [0.4, 0.5) is 0 Å². The molecule has 21 heavy (non-hydrogen) atoms. The van der Waals surface area contributed by atoms with Crippen molar-refractivity contribution in [2.75, 3.05) is 7.05 Å². The van der Waals surface area contributed by atoms with Gasteiger partial charge in [-0.05, 0) is 37.3 Å². The Labute approximate surface area is 127 Å². The summed E-state index contributed by atoms with van der Waals surface area (Å²) < 4.78 is 32.1. The predicted molar refractivity (Wildman–Crippen MR) is 82.4 cm³/mol. The third-order valence-corrected chi connectivity index (χ3v) is 6.01. The van der Waals surface area contributed by atoms with Gasteiger partial charge in [-0.15, -0.1) is 0 Å². The van der Waals surface area contributed by atoms with Crippen LogP contribution in [0.5, 0.6) is 0 Å². The van der Waals surface area contributed by atoms with Crippen LogP contribution in [0.2, 0.25) is 0 Å². The van der Waals surface area contributed by atoms with Crippen LogP contribution in [0.25, 0.3) is 0 Å². The van der Waals surface area contributed by atoms with Gasteiger partial charge in [0.2, 0.25) is 5.09 Å². The average Bonchev–Trinajstić information content (AvgIpc) is 3.09. The van der Waals surface area contributed by atoms with Crippen molar-refractivity contribution in [2.45, 2.75) is 64.3 Å². The third kappa shape index (κ3) is 3.87. The highest BCUT2D eigenvalue weighted by Gasteiger charge is 2.34. The van der Waals surface area contributed by atoms with Crippen LogP contribution in [-0.2, 0) is 16.6 Å². The molecule has 0 aromatic carbocycles. The summed E-state index contributed by atoms with van der Waals surface area (Å²) in [6.07, 6.45) is 2.38. The number of rotatable bonds is 6. The minimum Gasteiger partial charge on any atom is -0.447 e. The maximum absolute atomic E-state index is 12.6. The standard InChI is InChI=1S/C15H26N2O3S/c1-11(15(2,3)4)17(5)21(18,19)14-9-8-13(20-14)10-16-12-6-7-12/h8-9,11-12,16H,6-7,10H2,1-5H3.